The Hall–Kier alpha value is -2.29. The van der Waals surface area contributed by atoms with Crippen molar-refractivity contribution in [1.82, 2.24) is 9.97 Å². The third-order valence-electron chi connectivity index (χ3n) is 4.36. The first-order valence-electron chi connectivity index (χ1n) is 8.09. The minimum absolute atomic E-state index is 0.576. The Kier molecular flexibility index (Phi) is 4.24. The zero-order chi connectivity index (χ0) is 17.4. The van der Waals surface area contributed by atoms with Crippen molar-refractivity contribution in [2.75, 3.05) is 0 Å². The Morgan fingerprint density at radius 3 is 2.36 bits per heavy atom. The van der Waals surface area contributed by atoms with Crippen molar-refractivity contribution in [3.63, 3.8) is 0 Å². The van der Waals surface area contributed by atoms with Crippen molar-refractivity contribution in [2.24, 2.45) is 0 Å². The molecule has 1 heterocycles. The van der Waals surface area contributed by atoms with E-state index in [0.717, 1.165) is 28.3 Å². The quantitative estimate of drug-likeness (QED) is 0.444. The van der Waals surface area contributed by atoms with Crippen molar-refractivity contribution in [3.8, 4) is 11.3 Å². The number of halogens is 2. The number of rotatable bonds is 3. The van der Waals surface area contributed by atoms with E-state index in [1.807, 2.05) is 37.3 Å². The van der Waals surface area contributed by atoms with Gasteiger partial charge in [-0.25, -0.2) is 4.98 Å². The largest absolute Gasteiger partial charge is 0.345 e. The van der Waals surface area contributed by atoms with Crippen LogP contribution in [0.4, 0.5) is 0 Å². The molecule has 2 nitrogen and oxygen atoms in total. The first kappa shape index (κ1) is 16.2. The highest BCUT2D eigenvalue weighted by molar-refractivity contribution is 6.36. The third kappa shape index (κ3) is 3.15. The van der Waals surface area contributed by atoms with Gasteiger partial charge in [-0.2, -0.15) is 0 Å². The molecule has 0 spiro atoms. The van der Waals surface area contributed by atoms with E-state index in [0.29, 0.717) is 16.5 Å². The van der Waals surface area contributed by atoms with Crippen LogP contribution in [0.1, 0.15) is 17.1 Å². The molecule has 1 N–H and O–H groups in total. The number of hydrogen-bond acceptors (Lipinski definition) is 1. The zero-order valence-electron chi connectivity index (χ0n) is 13.7. The van der Waals surface area contributed by atoms with Gasteiger partial charge in [0.25, 0.3) is 0 Å². The van der Waals surface area contributed by atoms with E-state index in [-0.39, 0.29) is 0 Å². The predicted octanol–water partition coefficient (Wildman–Crippen LogP) is 6.44. The third-order valence-corrected chi connectivity index (χ3v) is 5.07. The number of imidazole rings is 1. The summed E-state index contributed by atoms with van der Waals surface area (Å²) in [6, 6.07) is 20.3. The molecule has 0 atom stereocenters. The van der Waals surface area contributed by atoms with E-state index in [4.69, 9.17) is 28.2 Å². The van der Waals surface area contributed by atoms with Crippen LogP contribution in [0.2, 0.25) is 10.0 Å². The molecular formula is C21H16Cl2N2. The second kappa shape index (κ2) is 6.55. The lowest BCUT2D eigenvalue weighted by atomic mass is 10.0. The van der Waals surface area contributed by atoms with Crippen LogP contribution in [0.15, 0.2) is 60.7 Å². The highest BCUT2D eigenvalue weighted by Gasteiger charge is 2.13. The Morgan fingerprint density at radius 2 is 1.60 bits per heavy atom. The molecule has 0 aliphatic heterocycles. The summed E-state index contributed by atoms with van der Waals surface area (Å²) in [5, 5.41) is 3.75. The van der Waals surface area contributed by atoms with E-state index in [2.05, 4.69) is 35.3 Å². The van der Waals surface area contributed by atoms with Crippen LogP contribution >= 0.6 is 23.2 Å². The Labute approximate surface area is 156 Å². The molecule has 0 amide bonds. The second-order valence-corrected chi connectivity index (χ2v) is 6.91. The summed E-state index contributed by atoms with van der Waals surface area (Å²) in [6.07, 6.45) is 0.576. The van der Waals surface area contributed by atoms with E-state index < -0.39 is 0 Å². The lowest BCUT2D eigenvalue weighted by Gasteiger charge is -2.04. The average Bonchev–Trinajstić information content (AvgIpc) is 2.98. The van der Waals surface area contributed by atoms with Gasteiger partial charge in [0.2, 0.25) is 0 Å². The fourth-order valence-electron chi connectivity index (χ4n) is 3.09. The molecule has 124 valence electrons. The minimum atomic E-state index is 0.576. The van der Waals surface area contributed by atoms with Crippen LogP contribution in [0.3, 0.4) is 0 Å². The number of benzene rings is 3. The zero-order valence-corrected chi connectivity index (χ0v) is 15.2. The van der Waals surface area contributed by atoms with Gasteiger partial charge in [-0.05, 0) is 41.5 Å². The monoisotopic (exact) mass is 366 g/mol. The number of aromatic nitrogens is 2. The van der Waals surface area contributed by atoms with Gasteiger partial charge < -0.3 is 4.98 Å². The van der Waals surface area contributed by atoms with Crippen LogP contribution in [0, 0.1) is 6.92 Å². The molecule has 0 aliphatic carbocycles. The van der Waals surface area contributed by atoms with Crippen LogP contribution < -0.4 is 0 Å². The molecule has 4 aromatic rings. The Morgan fingerprint density at radius 1 is 0.880 bits per heavy atom. The van der Waals surface area contributed by atoms with Gasteiger partial charge >= 0.3 is 0 Å². The van der Waals surface area contributed by atoms with E-state index >= 15 is 0 Å². The summed E-state index contributed by atoms with van der Waals surface area (Å²) in [7, 11) is 0. The highest BCUT2D eigenvalue weighted by Crippen LogP contribution is 2.29. The standard InChI is InChI=1S/C21H16Cl2N2/c1-13-21(16-10-9-14-5-2-3-6-15(14)11-16)25-20(24-13)12-17-18(22)7-4-8-19(17)23/h2-11H,12H2,1H3,(H,24,25). The molecule has 4 heteroatoms. The van der Waals surface area contributed by atoms with Crippen LogP contribution in [-0.2, 0) is 6.42 Å². The molecule has 0 saturated heterocycles. The molecule has 0 radical (unpaired) electrons. The molecule has 0 aliphatic rings. The van der Waals surface area contributed by atoms with Crippen molar-refractivity contribution in [3.05, 3.63) is 87.8 Å². The molecule has 0 saturated carbocycles. The lowest BCUT2D eigenvalue weighted by Crippen LogP contribution is -1.93. The topological polar surface area (TPSA) is 28.7 Å². The van der Waals surface area contributed by atoms with Gasteiger partial charge in [0.15, 0.2) is 0 Å². The average molecular weight is 367 g/mol. The number of fused-ring (bicyclic) bond motifs is 1. The van der Waals surface area contributed by atoms with Gasteiger partial charge in [0.05, 0.1) is 5.69 Å². The molecule has 1 aromatic heterocycles. The molecule has 0 bridgehead atoms. The second-order valence-electron chi connectivity index (χ2n) is 6.10. The summed E-state index contributed by atoms with van der Waals surface area (Å²) in [4.78, 5) is 8.16. The van der Waals surface area contributed by atoms with E-state index in [1.54, 1.807) is 0 Å². The number of aryl methyl sites for hydroxylation is 1. The highest BCUT2D eigenvalue weighted by atomic mass is 35.5. The van der Waals surface area contributed by atoms with E-state index in [1.165, 1.54) is 10.8 Å². The normalized spacial score (nSPS) is 11.2. The number of aromatic amines is 1. The number of nitrogens with zero attached hydrogens (tertiary/aromatic N) is 1. The maximum Gasteiger partial charge on any atom is 0.111 e. The first-order chi connectivity index (χ1) is 12.1. The van der Waals surface area contributed by atoms with Gasteiger partial charge in [0, 0.05) is 27.7 Å². The summed E-state index contributed by atoms with van der Waals surface area (Å²) in [5.74, 6) is 0.857. The van der Waals surface area contributed by atoms with E-state index in [9.17, 15) is 0 Å². The van der Waals surface area contributed by atoms with Gasteiger partial charge in [0.1, 0.15) is 5.82 Å². The fourth-order valence-corrected chi connectivity index (χ4v) is 3.62. The molecular weight excluding hydrogens is 351 g/mol. The van der Waals surface area contributed by atoms with Crippen LogP contribution in [0.25, 0.3) is 22.0 Å². The van der Waals surface area contributed by atoms with Crippen LogP contribution in [0.5, 0.6) is 0 Å². The molecule has 0 fully saturated rings. The fraction of sp³-hybridized carbons (Fsp3) is 0.0952. The summed E-state index contributed by atoms with van der Waals surface area (Å²) < 4.78 is 0. The summed E-state index contributed by atoms with van der Waals surface area (Å²) >= 11 is 12.6. The molecule has 4 rings (SSSR count). The number of nitrogens with one attached hydrogen (secondary N) is 1. The minimum Gasteiger partial charge on any atom is -0.345 e. The summed E-state index contributed by atoms with van der Waals surface area (Å²) in [5.41, 5.74) is 3.99. The Balaban J connectivity index is 1.72. The van der Waals surface area contributed by atoms with Gasteiger partial charge in [-0.15, -0.1) is 0 Å². The molecule has 25 heavy (non-hydrogen) atoms. The van der Waals surface area contributed by atoms with Crippen molar-refractivity contribution >= 4 is 34.0 Å². The first-order valence-corrected chi connectivity index (χ1v) is 8.85. The van der Waals surface area contributed by atoms with Crippen molar-refractivity contribution < 1.29 is 0 Å². The lowest BCUT2D eigenvalue weighted by molar-refractivity contribution is 1.02. The SMILES string of the molecule is Cc1[nH]c(Cc2c(Cl)cccc2Cl)nc1-c1ccc2ccccc2c1. The van der Waals surface area contributed by atoms with Crippen molar-refractivity contribution in [2.45, 2.75) is 13.3 Å². The van der Waals surface area contributed by atoms with Crippen LogP contribution in [-0.4, -0.2) is 9.97 Å². The maximum absolute atomic E-state index is 6.28. The number of H-pyrrole nitrogens is 1. The molecule has 3 aromatic carbocycles. The predicted molar refractivity (Wildman–Crippen MR) is 106 cm³/mol. The maximum atomic E-state index is 6.28. The number of hydrogen-bond donors (Lipinski definition) is 1. The smallest absolute Gasteiger partial charge is 0.111 e. The van der Waals surface area contributed by atoms with Gasteiger partial charge in [-0.3, -0.25) is 0 Å². The summed E-state index contributed by atoms with van der Waals surface area (Å²) in [6.45, 7) is 2.04. The van der Waals surface area contributed by atoms with Crippen molar-refractivity contribution in [1.29, 1.82) is 0 Å². The van der Waals surface area contributed by atoms with Gasteiger partial charge in [-0.1, -0.05) is 65.7 Å². The molecule has 0 unspecified atom stereocenters. The Bertz CT molecular complexity index is 1050.